The highest BCUT2D eigenvalue weighted by molar-refractivity contribution is 5.99. The van der Waals surface area contributed by atoms with E-state index in [9.17, 15) is 9.18 Å². The van der Waals surface area contributed by atoms with Gasteiger partial charge in [0.1, 0.15) is 17.2 Å². The van der Waals surface area contributed by atoms with Crippen LogP contribution in [0.4, 0.5) is 10.2 Å². The van der Waals surface area contributed by atoms with Crippen molar-refractivity contribution in [2.45, 2.75) is 38.6 Å². The maximum absolute atomic E-state index is 14.1. The highest BCUT2D eigenvalue weighted by Crippen LogP contribution is 2.37. The lowest BCUT2D eigenvalue weighted by Gasteiger charge is -2.28. The van der Waals surface area contributed by atoms with Crippen molar-refractivity contribution in [3.8, 4) is 0 Å². The van der Waals surface area contributed by atoms with E-state index in [0.717, 1.165) is 49.3 Å². The van der Waals surface area contributed by atoms with Crippen molar-refractivity contribution in [2.24, 2.45) is 5.92 Å². The first-order valence-corrected chi connectivity index (χ1v) is 10.1. The van der Waals surface area contributed by atoms with Gasteiger partial charge in [0.2, 0.25) is 0 Å². The number of carbonyl (C=O) groups is 1. The number of nitrogens with zero attached hydrogens (tertiary/aromatic N) is 5. The van der Waals surface area contributed by atoms with Crippen LogP contribution in [0.3, 0.4) is 0 Å². The van der Waals surface area contributed by atoms with Gasteiger partial charge >= 0.3 is 0 Å². The van der Waals surface area contributed by atoms with E-state index in [4.69, 9.17) is 4.98 Å². The number of aryl methyl sites for hydroxylation is 1. The Hall–Kier alpha value is -3.03. The molecule has 0 spiro atoms. The van der Waals surface area contributed by atoms with E-state index < -0.39 is 0 Å². The van der Waals surface area contributed by atoms with Gasteiger partial charge < -0.3 is 10.2 Å². The standard InChI is InChI=1S/C21H23FN6O/c1-13-4-5-17-15(9-14(22)11-23-17)18-3-2-7-27(18)19-6-8-28-20(26-19)16(12-25-28)21(29)24-10-13/h6,8-9,11-13,18H,2-5,7,10H2,1H3,(H,24,29)/t13?,18-/m1/s1. The fraction of sp³-hybridized carbons (Fsp3) is 0.429. The van der Waals surface area contributed by atoms with Crippen molar-refractivity contribution in [3.63, 3.8) is 0 Å². The number of halogens is 1. The molecule has 0 saturated carbocycles. The zero-order valence-electron chi connectivity index (χ0n) is 16.3. The summed E-state index contributed by atoms with van der Waals surface area (Å²) in [6.07, 6.45) is 8.23. The highest BCUT2D eigenvalue weighted by Gasteiger charge is 2.30. The second-order valence-corrected chi connectivity index (χ2v) is 8.01. The van der Waals surface area contributed by atoms with Gasteiger partial charge in [-0.15, -0.1) is 0 Å². The first kappa shape index (κ1) is 18.0. The van der Waals surface area contributed by atoms with Crippen LogP contribution in [-0.4, -0.2) is 38.6 Å². The van der Waals surface area contributed by atoms with Gasteiger partial charge in [0.25, 0.3) is 5.91 Å². The average molecular weight is 394 g/mol. The molecule has 5 rings (SSSR count). The van der Waals surface area contributed by atoms with E-state index in [0.29, 0.717) is 17.8 Å². The topological polar surface area (TPSA) is 75.4 Å². The molecule has 2 aliphatic heterocycles. The fourth-order valence-corrected chi connectivity index (χ4v) is 4.37. The monoisotopic (exact) mass is 394 g/mol. The third kappa shape index (κ3) is 3.22. The quantitative estimate of drug-likeness (QED) is 0.635. The normalized spacial score (nSPS) is 22.3. The van der Waals surface area contributed by atoms with Crippen LogP contribution in [0.25, 0.3) is 5.65 Å². The molecule has 2 atom stereocenters. The van der Waals surface area contributed by atoms with Crippen molar-refractivity contribution < 1.29 is 9.18 Å². The minimum absolute atomic E-state index is 0.0293. The Bertz CT molecular complexity index is 1080. The molecule has 29 heavy (non-hydrogen) atoms. The molecule has 1 N–H and O–H groups in total. The summed E-state index contributed by atoms with van der Waals surface area (Å²) >= 11 is 0. The van der Waals surface area contributed by atoms with E-state index in [1.807, 2.05) is 12.3 Å². The second kappa shape index (κ2) is 7.09. The van der Waals surface area contributed by atoms with E-state index in [-0.39, 0.29) is 23.7 Å². The lowest BCUT2D eigenvalue weighted by atomic mass is 9.96. The molecule has 2 bridgehead atoms. The Labute approximate surface area is 168 Å². The summed E-state index contributed by atoms with van der Waals surface area (Å²) in [5.74, 6) is 0.576. The van der Waals surface area contributed by atoms with E-state index in [1.165, 1.54) is 6.20 Å². The fourth-order valence-electron chi connectivity index (χ4n) is 4.37. The summed E-state index contributed by atoms with van der Waals surface area (Å²) < 4.78 is 15.7. The molecular formula is C21H23FN6O. The maximum Gasteiger partial charge on any atom is 0.256 e. The number of rotatable bonds is 0. The number of hydrogen-bond acceptors (Lipinski definition) is 5. The molecule has 1 amide bonds. The van der Waals surface area contributed by atoms with Crippen LogP contribution >= 0.6 is 0 Å². The predicted molar refractivity (Wildman–Crippen MR) is 106 cm³/mol. The van der Waals surface area contributed by atoms with Gasteiger partial charge in [-0.2, -0.15) is 5.10 Å². The van der Waals surface area contributed by atoms with Crippen molar-refractivity contribution in [1.82, 2.24) is 24.9 Å². The first-order valence-electron chi connectivity index (χ1n) is 10.1. The van der Waals surface area contributed by atoms with Gasteiger partial charge in [0, 0.05) is 25.0 Å². The third-order valence-electron chi connectivity index (χ3n) is 5.96. The van der Waals surface area contributed by atoms with Crippen LogP contribution in [0, 0.1) is 11.7 Å². The SMILES string of the molecule is CC1CCc2ncc(F)cc2[C@H]2CCCN2c2ccn3ncc(c3n2)C(=O)NC1. The number of anilines is 1. The lowest BCUT2D eigenvalue weighted by Crippen LogP contribution is -2.29. The molecule has 150 valence electrons. The first-order chi connectivity index (χ1) is 14.1. The van der Waals surface area contributed by atoms with E-state index >= 15 is 0 Å². The molecule has 3 aromatic heterocycles. The molecule has 7 nitrogen and oxygen atoms in total. The van der Waals surface area contributed by atoms with E-state index in [2.05, 4.69) is 27.2 Å². The zero-order valence-corrected chi connectivity index (χ0v) is 16.3. The molecule has 1 unspecified atom stereocenters. The summed E-state index contributed by atoms with van der Waals surface area (Å²) in [4.78, 5) is 24.1. The number of hydrogen-bond donors (Lipinski definition) is 1. The molecule has 0 aromatic carbocycles. The van der Waals surface area contributed by atoms with E-state index in [1.54, 1.807) is 16.8 Å². The highest BCUT2D eigenvalue weighted by atomic mass is 19.1. The van der Waals surface area contributed by atoms with Crippen LogP contribution in [-0.2, 0) is 6.42 Å². The summed E-state index contributed by atoms with van der Waals surface area (Å²) in [5.41, 5.74) is 2.89. The Morgan fingerprint density at radius 3 is 3.07 bits per heavy atom. The Morgan fingerprint density at radius 1 is 1.28 bits per heavy atom. The van der Waals surface area contributed by atoms with Crippen LogP contribution in [0.1, 0.15) is 53.8 Å². The van der Waals surface area contributed by atoms with Crippen molar-refractivity contribution in [3.05, 3.63) is 53.4 Å². The minimum Gasteiger partial charge on any atom is -0.352 e. The predicted octanol–water partition coefficient (Wildman–Crippen LogP) is 2.92. The van der Waals surface area contributed by atoms with Crippen LogP contribution < -0.4 is 10.2 Å². The van der Waals surface area contributed by atoms with Crippen LogP contribution in [0.15, 0.2) is 30.7 Å². The smallest absolute Gasteiger partial charge is 0.256 e. The summed E-state index contributed by atoms with van der Waals surface area (Å²) in [5, 5.41) is 7.26. The summed E-state index contributed by atoms with van der Waals surface area (Å²) in [6.45, 7) is 3.49. The number of fused-ring (bicyclic) bond motifs is 5. The summed E-state index contributed by atoms with van der Waals surface area (Å²) in [7, 11) is 0. The summed E-state index contributed by atoms with van der Waals surface area (Å²) in [6, 6.07) is 3.56. The van der Waals surface area contributed by atoms with Crippen LogP contribution in [0.2, 0.25) is 0 Å². The Balaban J connectivity index is 1.66. The number of aromatic nitrogens is 4. The number of amides is 1. The lowest BCUT2D eigenvalue weighted by molar-refractivity contribution is 0.0949. The third-order valence-corrected chi connectivity index (χ3v) is 5.96. The molecule has 3 aromatic rings. The molecule has 8 heteroatoms. The van der Waals surface area contributed by atoms with Crippen molar-refractivity contribution in [1.29, 1.82) is 0 Å². The van der Waals surface area contributed by atoms with Gasteiger partial charge in [0.05, 0.1) is 18.4 Å². The molecule has 1 saturated heterocycles. The van der Waals surface area contributed by atoms with Gasteiger partial charge in [-0.25, -0.2) is 13.9 Å². The van der Waals surface area contributed by atoms with Gasteiger partial charge in [0.15, 0.2) is 5.65 Å². The number of carbonyl (C=O) groups excluding carboxylic acids is 1. The number of pyridine rings is 1. The number of nitrogens with one attached hydrogen (secondary N) is 1. The molecule has 2 aliphatic rings. The van der Waals surface area contributed by atoms with Gasteiger partial charge in [-0.3, -0.25) is 9.78 Å². The Morgan fingerprint density at radius 2 is 2.17 bits per heavy atom. The maximum atomic E-state index is 14.1. The van der Waals surface area contributed by atoms with Crippen molar-refractivity contribution >= 4 is 17.4 Å². The molecule has 1 fully saturated rings. The molecule has 5 heterocycles. The molecule has 0 radical (unpaired) electrons. The van der Waals surface area contributed by atoms with Crippen molar-refractivity contribution in [2.75, 3.05) is 18.0 Å². The van der Waals surface area contributed by atoms with Gasteiger partial charge in [-0.05, 0) is 49.3 Å². The van der Waals surface area contributed by atoms with Crippen LogP contribution in [0.5, 0.6) is 0 Å². The van der Waals surface area contributed by atoms with Gasteiger partial charge in [-0.1, -0.05) is 6.92 Å². The zero-order chi connectivity index (χ0) is 20.0. The molecule has 0 aliphatic carbocycles. The largest absolute Gasteiger partial charge is 0.352 e. The second-order valence-electron chi connectivity index (χ2n) is 8.01. The average Bonchev–Trinajstić information content (AvgIpc) is 3.37. The molecular weight excluding hydrogens is 371 g/mol. The Kier molecular flexibility index (Phi) is 4.41. The minimum atomic E-state index is -0.307.